The van der Waals surface area contributed by atoms with Gasteiger partial charge in [-0.3, -0.25) is 4.90 Å². The first-order valence-corrected chi connectivity index (χ1v) is 7.61. The Morgan fingerprint density at radius 2 is 2.00 bits per heavy atom. The van der Waals surface area contributed by atoms with Crippen LogP contribution < -0.4 is 0 Å². The van der Waals surface area contributed by atoms with Crippen LogP contribution in [0.2, 0.25) is 0 Å². The smallest absolute Gasteiger partial charge is 0.0639 e. The van der Waals surface area contributed by atoms with E-state index in [1.54, 1.807) is 0 Å². The SMILES string of the molecule is CO[C@@H]1CCC[C@]12CCCN(Cc1ccccc1)C2. The minimum atomic E-state index is 0.446. The molecule has 1 aromatic carbocycles. The second-order valence-electron chi connectivity index (χ2n) is 6.28. The Kier molecular flexibility index (Phi) is 3.90. The summed E-state index contributed by atoms with van der Waals surface area (Å²) in [5, 5.41) is 0. The average Bonchev–Trinajstić information content (AvgIpc) is 2.82. The zero-order valence-corrected chi connectivity index (χ0v) is 12.0. The molecule has 1 spiro atoms. The fourth-order valence-electron chi connectivity index (χ4n) is 4.18. The number of benzene rings is 1. The van der Waals surface area contributed by atoms with Crippen LogP contribution in [0.1, 0.15) is 37.7 Å². The van der Waals surface area contributed by atoms with Gasteiger partial charge < -0.3 is 4.74 Å². The van der Waals surface area contributed by atoms with Crippen LogP contribution in [0.25, 0.3) is 0 Å². The second kappa shape index (κ2) is 5.64. The molecule has 0 amide bonds. The zero-order valence-electron chi connectivity index (χ0n) is 12.0. The van der Waals surface area contributed by atoms with Crippen molar-refractivity contribution in [3.05, 3.63) is 35.9 Å². The van der Waals surface area contributed by atoms with Crippen molar-refractivity contribution in [1.82, 2.24) is 4.90 Å². The first-order chi connectivity index (χ1) is 9.32. The van der Waals surface area contributed by atoms with E-state index >= 15 is 0 Å². The number of rotatable bonds is 3. The Bertz CT molecular complexity index is 405. The van der Waals surface area contributed by atoms with Gasteiger partial charge in [-0.05, 0) is 37.8 Å². The maximum atomic E-state index is 5.78. The topological polar surface area (TPSA) is 12.5 Å². The molecule has 19 heavy (non-hydrogen) atoms. The van der Waals surface area contributed by atoms with Gasteiger partial charge >= 0.3 is 0 Å². The molecule has 1 saturated carbocycles. The maximum Gasteiger partial charge on any atom is 0.0639 e. The lowest BCUT2D eigenvalue weighted by atomic mass is 9.76. The fourth-order valence-corrected chi connectivity index (χ4v) is 4.18. The summed E-state index contributed by atoms with van der Waals surface area (Å²) in [6.07, 6.45) is 7.14. The summed E-state index contributed by atoms with van der Waals surface area (Å²) in [6, 6.07) is 10.9. The van der Waals surface area contributed by atoms with Gasteiger partial charge in [-0.15, -0.1) is 0 Å². The lowest BCUT2D eigenvalue weighted by Crippen LogP contribution is -2.47. The summed E-state index contributed by atoms with van der Waals surface area (Å²) >= 11 is 0. The highest BCUT2D eigenvalue weighted by Gasteiger charge is 2.45. The largest absolute Gasteiger partial charge is 0.381 e. The minimum absolute atomic E-state index is 0.446. The van der Waals surface area contributed by atoms with E-state index in [0.29, 0.717) is 11.5 Å². The van der Waals surface area contributed by atoms with Crippen molar-refractivity contribution in [2.45, 2.75) is 44.8 Å². The van der Waals surface area contributed by atoms with Gasteiger partial charge in [0.2, 0.25) is 0 Å². The number of nitrogens with zero attached hydrogens (tertiary/aromatic N) is 1. The number of ether oxygens (including phenoxy) is 1. The molecule has 0 N–H and O–H groups in total. The van der Waals surface area contributed by atoms with Crippen LogP contribution in [0.15, 0.2) is 30.3 Å². The first kappa shape index (κ1) is 13.1. The molecule has 2 fully saturated rings. The van der Waals surface area contributed by atoms with Crippen molar-refractivity contribution in [3.63, 3.8) is 0 Å². The summed E-state index contributed by atoms with van der Waals surface area (Å²) < 4.78 is 5.78. The van der Waals surface area contributed by atoms with Gasteiger partial charge in [0.05, 0.1) is 6.10 Å². The summed E-state index contributed by atoms with van der Waals surface area (Å²) in [5.41, 5.74) is 1.88. The number of hydrogen-bond acceptors (Lipinski definition) is 2. The Morgan fingerprint density at radius 3 is 2.79 bits per heavy atom. The molecule has 0 bridgehead atoms. The van der Waals surface area contributed by atoms with E-state index in [-0.39, 0.29) is 0 Å². The molecule has 0 aromatic heterocycles. The van der Waals surface area contributed by atoms with E-state index in [1.165, 1.54) is 50.8 Å². The van der Waals surface area contributed by atoms with Crippen molar-refractivity contribution in [2.75, 3.05) is 20.2 Å². The van der Waals surface area contributed by atoms with Crippen LogP contribution in [-0.4, -0.2) is 31.2 Å². The third-order valence-corrected chi connectivity index (χ3v) is 5.05. The van der Waals surface area contributed by atoms with Gasteiger partial charge in [-0.1, -0.05) is 36.8 Å². The zero-order chi connectivity index (χ0) is 13.1. The molecule has 104 valence electrons. The third kappa shape index (κ3) is 2.70. The number of hydrogen-bond donors (Lipinski definition) is 0. The van der Waals surface area contributed by atoms with E-state index in [0.717, 1.165) is 6.54 Å². The predicted molar refractivity (Wildman–Crippen MR) is 78.0 cm³/mol. The van der Waals surface area contributed by atoms with Crippen molar-refractivity contribution in [2.24, 2.45) is 5.41 Å². The van der Waals surface area contributed by atoms with E-state index < -0.39 is 0 Å². The Labute approximate surface area is 116 Å². The van der Waals surface area contributed by atoms with Crippen LogP contribution in [0.4, 0.5) is 0 Å². The van der Waals surface area contributed by atoms with Gasteiger partial charge in [0.15, 0.2) is 0 Å². The van der Waals surface area contributed by atoms with Crippen molar-refractivity contribution in [3.8, 4) is 0 Å². The predicted octanol–water partition coefficient (Wildman–Crippen LogP) is 3.47. The molecule has 2 nitrogen and oxygen atoms in total. The number of piperidine rings is 1. The summed E-state index contributed by atoms with van der Waals surface area (Å²) in [5.74, 6) is 0. The summed E-state index contributed by atoms with van der Waals surface area (Å²) in [4.78, 5) is 2.64. The first-order valence-electron chi connectivity index (χ1n) is 7.61. The van der Waals surface area contributed by atoms with Gasteiger partial charge in [0.1, 0.15) is 0 Å². The summed E-state index contributed by atoms with van der Waals surface area (Å²) in [7, 11) is 1.90. The number of methoxy groups -OCH3 is 1. The van der Waals surface area contributed by atoms with Crippen molar-refractivity contribution < 1.29 is 4.74 Å². The molecular formula is C17H25NO. The molecule has 3 rings (SSSR count). The number of likely N-dealkylation sites (tertiary alicyclic amines) is 1. The molecule has 2 atom stereocenters. The molecule has 0 radical (unpaired) electrons. The van der Waals surface area contributed by atoms with Gasteiger partial charge in [0.25, 0.3) is 0 Å². The van der Waals surface area contributed by atoms with E-state index in [1.807, 2.05) is 7.11 Å². The van der Waals surface area contributed by atoms with Crippen LogP contribution in [0.3, 0.4) is 0 Å². The van der Waals surface area contributed by atoms with E-state index in [9.17, 15) is 0 Å². The second-order valence-corrected chi connectivity index (χ2v) is 6.28. The van der Waals surface area contributed by atoms with Gasteiger partial charge in [-0.25, -0.2) is 0 Å². The Balaban J connectivity index is 1.68. The Hall–Kier alpha value is -0.860. The lowest BCUT2D eigenvalue weighted by molar-refractivity contribution is -0.0366. The normalized spacial score (nSPS) is 31.9. The van der Waals surface area contributed by atoms with Crippen LogP contribution in [-0.2, 0) is 11.3 Å². The monoisotopic (exact) mass is 259 g/mol. The van der Waals surface area contributed by atoms with Gasteiger partial charge in [-0.2, -0.15) is 0 Å². The highest BCUT2D eigenvalue weighted by atomic mass is 16.5. The fraction of sp³-hybridized carbons (Fsp3) is 0.647. The molecule has 2 aliphatic rings. The molecule has 1 aliphatic heterocycles. The lowest BCUT2D eigenvalue weighted by Gasteiger charge is -2.43. The van der Waals surface area contributed by atoms with Gasteiger partial charge in [0, 0.05) is 25.6 Å². The molecule has 0 unspecified atom stereocenters. The van der Waals surface area contributed by atoms with Crippen LogP contribution in [0.5, 0.6) is 0 Å². The molecule has 1 heterocycles. The third-order valence-electron chi connectivity index (χ3n) is 5.05. The molecule has 1 aromatic rings. The van der Waals surface area contributed by atoms with Crippen molar-refractivity contribution in [1.29, 1.82) is 0 Å². The van der Waals surface area contributed by atoms with Crippen molar-refractivity contribution >= 4 is 0 Å². The standard InChI is InChI=1S/C17H25NO/c1-19-16-9-5-10-17(16)11-6-12-18(14-17)13-15-7-3-2-4-8-15/h2-4,7-8,16H,5-6,9-14H2,1H3/t16-,17-/m1/s1. The Morgan fingerprint density at radius 1 is 1.21 bits per heavy atom. The average molecular weight is 259 g/mol. The highest BCUT2D eigenvalue weighted by Crippen LogP contribution is 2.46. The molecule has 1 aliphatic carbocycles. The quantitative estimate of drug-likeness (QED) is 0.824. The maximum absolute atomic E-state index is 5.78. The summed E-state index contributed by atoms with van der Waals surface area (Å²) in [6.45, 7) is 3.56. The van der Waals surface area contributed by atoms with E-state index in [2.05, 4.69) is 35.2 Å². The highest BCUT2D eigenvalue weighted by molar-refractivity contribution is 5.14. The minimum Gasteiger partial charge on any atom is -0.381 e. The molecule has 2 heteroatoms. The molecule has 1 saturated heterocycles. The van der Waals surface area contributed by atoms with Crippen LogP contribution in [0, 0.1) is 5.41 Å². The van der Waals surface area contributed by atoms with E-state index in [4.69, 9.17) is 4.74 Å². The van der Waals surface area contributed by atoms with Crippen LogP contribution >= 0.6 is 0 Å². The molecular weight excluding hydrogens is 234 g/mol.